The maximum Gasteiger partial charge on any atom is 0.191 e. The Morgan fingerprint density at radius 1 is 1.25 bits per heavy atom. The molecule has 0 fully saturated rings. The topological polar surface area (TPSA) is 45.7 Å². The van der Waals surface area contributed by atoms with Gasteiger partial charge in [0.1, 0.15) is 0 Å². The lowest BCUT2D eigenvalue weighted by Gasteiger charge is -2.30. The molecule has 0 aliphatic heterocycles. The van der Waals surface area contributed by atoms with Crippen LogP contribution < -0.4 is 10.6 Å². The van der Waals surface area contributed by atoms with E-state index in [1.807, 2.05) is 6.92 Å². The van der Waals surface area contributed by atoms with Gasteiger partial charge >= 0.3 is 0 Å². The largest absolute Gasteiger partial charge is 0.379 e. The molecule has 0 aliphatic carbocycles. The Morgan fingerprint density at radius 2 is 1.88 bits per heavy atom. The maximum absolute atomic E-state index is 13.3. The fourth-order valence-corrected chi connectivity index (χ4v) is 2.20. The molecule has 1 aromatic carbocycles. The van der Waals surface area contributed by atoms with Crippen molar-refractivity contribution in [1.29, 1.82) is 0 Å². The molecule has 1 aromatic rings. The van der Waals surface area contributed by atoms with Gasteiger partial charge in [-0.2, -0.15) is 0 Å². The SMILES string of the molecule is CN=C(NCC(OC)C(C)(C)C)NC(C)c1ccc(F)c(F)c1.I. The maximum atomic E-state index is 13.3. The van der Waals surface area contributed by atoms with Crippen LogP contribution in [0.5, 0.6) is 0 Å². The molecule has 2 N–H and O–H groups in total. The van der Waals surface area contributed by atoms with E-state index < -0.39 is 11.6 Å². The number of benzene rings is 1. The van der Waals surface area contributed by atoms with Crippen molar-refractivity contribution < 1.29 is 13.5 Å². The van der Waals surface area contributed by atoms with Crippen LogP contribution in [0, 0.1) is 17.0 Å². The Bertz CT molecular complexity index is 547. The van der Waals surface area contributed by atoms with Crippen LogP contribution in [-0.2, 0) is 4.74 Å². The number of guanidine groups is 1. The van der Waals surface area contributed by atoms with Gasteiger partial charge in [-0.15, -0.1) is 24.0 Å². The number of rotatable bonds is 5. The molecule has 7 heteroatoms. The number of ether oxygens (including phenoxy) is 1. The first-order valence-electron chi connectivity index (χ1n) is 7.64. The molecule has 0 saturated heterocycles. The molecule has 0 spiro atoms. The number of nitrogens with one attached hydrogen (secondary N) is 2. The number of hydrogen-bond acceptors (Lipinski definition) is 2. The summed E-state index contributed by atoms with van der Waals surface area (Å²) in [6.45, 7) is 8.75. The zero-order chi connectivity index (χ0) is 17.6. The standard InChI is InChI=1S/C17H27F2N3O.HI/c1-11(12-7-8-13(18)14(19)9-12)22-16(20-5)21-10-15(23-6)17(2,3)4;/h7-9,11,15H,10H2,1-6H3,(H2,20,21,22);1H. The highest BCUT2D eigenvalue weighted by Gasteiger charge is 2.24. The summed E-state index contributed by atoms with van der Waals surface area (Å²) in [4.78, 5) is 4.15. The third-order valence-electron chi connectivity index (χ3n) is 3.73. The molecule has 0 aromatic heterocycles. The first-order chi connectivity index (χ1) is 10.7. The lowest BCUT2D eigenvalue weighted by molar-refractivity contribution is 0.0205. The highest BCUT2D eigenvalue weighted by Crippen LogP contribution is 2.21. The van der Waals surface area contributed by atoms with Gasteiger partial charge in [0, 0.05) is 20.7 Å². The summed E-state index contributed by atoms with van der Waals surface area (Å²) < 4.78 is 31.8. The third-order valence-corrected chi connectivity index (χ3v) is 3.73. The van der Waals surface area contributed by atoms with E-state index in [1.165, 1.54) is 6.07 Å². The Morgan fingerprint density at radius 3 is 2.33 bits per heavy atom. The minimum atomic E-state index is -0.855. The van der Waals surface area contributed by atoms with Crippen LogP contribution in [-0.4, -0.2) is 32.8 Å². The second-order valence-electron chi connectivity index (χ2n) is 6.58. The molecule has 0 heterocycles. The number of methoxy groups -OCH3 is 1. The Kier molecular flexibility index (Phi) is 9.72. The summed E-state index contributed by atoms with van der Waals surface area (Å²) in [5.41, 5.74) is 0.637. The van der Waals surface area contributed by atoms with Gasteiger partial charge in [0.05, 0.1) is 12.1 Å². The van der Waals surface area contributed by atoms with E-state index in [9.17, 15) is 8.78 Å². The summed E-state index contributed by atoms with van der Waals surface area (Å²) >= 11 is 0. The Balaban J connectivity index is 0.00000529. The molecule has 2 atom stereocenters. The van der Waals surface area contributed by atoms with E-state index in [0.717, 1.165) is 6.07 Å². The van der Waals surface area contributed by atoms with Gasteiger partial charge in [0.2, 0.25) is 0 Å². The van der Waals surface area contributed by atoms with Gasteiger partial charge in [0.25, 0.3) is 0 Å². The molecule has 0 bridgehead atoms. The van der Waals surface area contributed by atoms with Crippen LogP contribution >= 0.6 is 24.0 Å². The molecule has 24 heavy (non-hydrogen) atoms. The van der Waals surface area contributed by atoms with Gasteiger partial charge in [-0.1, -0.05) is 26.8 Å². The number of halogens is 3. The normalized spacial score (nSPS) is 14.6. The second-order valence-corrected chi connectivity index (χ2v) is 6.58. The lowest BCUT2D eigenvalue weighted by Crippen LogP contribution is -2.45. The predicted octanol–water partition coefficient (Wildman–Crippen LogP) is 3.87. The first kappa shape index (κ1) is 23.0. The average molecular weight is 455 g/mol. The molecule has 0 amide bonds. The van der Waals surface area contributed by atoms with E-state index in [2.05, 4.69) is 36.4 Å². The van der Waals surface area contributed by atoms with Crippen LogP contribution in [0.25, 0.3) is 0 Å². The lowest BCUT2D eigenvalue weighted by atomic mass is 9.89. The van der Waals surface area contributed by atoms with Gasteiger partial charge < -0.3 is 15.4 Å². The molecular formula is C17H28F2IN3O. The second kappa shape index (κ2) is 10.1. The third kappa shape index (κ3) is 6.88. The summed E-state index contributed by atoms with van der Waals surface area (Å²) in [5, 5.41) is 6.35. The fourth-order valence-electron chi connectivity index (χ4n) is 2.20. The molecule has 0 radical (unpaired) electrons. The monoisotopic (exact) mass is 455 g/mol. The quantitative estimate of drug-likeness (QED) is 0.403. The minimum absolute atomic E-state index is 0. The smallest absolute Gasteiger partial charge is 0.191 e. The van der Waals surface area contributed by atoms with Gasteiger partial charge in [-0.05, 0) is 30.0 Å². The van der Waals surface area contributed by atoms with Crippen molar-refractivity contribution in [2.24, 2.45) is 10.4 Å². The fraction of sp³-hybridized carbons (Fsp3) is 0.588. The number of aliphatic imine (C=N–C) groups is 1. The van der Waals surface area contributed by atoms with Crippen LogP contribution in [0.3, 0.4) is 0 Å². The van der Waals surface area contributed by atoms with Crippen molar-refractivity contribution in [3.8, 4) is 0 Å². The zero-order valence-electron chi connectivity index (χ0n) is 15.1. The van der Waals surface area contributed by atoms with Gasteiger partial charge in [-0.3, -0.25) is 4.99 Å². The average Bonchev–Trinajstić information content (AvgIpc) is 2.47. The Hall–Kier alpha value is -0.960. The van der Waals surface area contributed by atoms with Gasteiger partial charge in [0.15, 0.2) is 17.6 Å². The van der Waals surface area contributed by atoms with Gasteiger partial charge in [-0.25, -0.2) is 8.78 Å². The molecule has 0 aliphatic rings. The van der Waals surface area contributed by atoms with Crippen molar-refractivity contribution in [1.82, 2.24) is 10.6 Å². The molecule has 1 rings (SSSR count). The molecule has 4 nitrogen and oxygen atoms in total. The number of nitrogens with zero attached hydrogens (tertiary/aromatic N) is 1. The summed E-state index contributed by atoms with van der Waals surface area (Å²) in [7, 11) is 3.34. The van der Waals surface area contributed by atoms with Crippen LogP contribution in [0.1, 0.15) is 39.3 Å². The van der Waals surface area contributed by atoms with Crippen molar-refractivity contribution in [3.05, 3.63) is 35.4 Å². The van der Waals surface area contributed by atoms with Crippen molar-refractivity contribution in [2.45, 2.75) is 39.8 Å². The molecular weight excluding hydrogens is 427 g/mol. The van der Waals surface area contributed by atoms with Crippen LogP contribution in [0.2, 0.25) is 0 Å². The van der Waals surface area contributed by atoms with Crippen LogP contribution in [0.4, 0.5) is 8.78 Å². The zero-order valence-corrected chi connectivity index (χ0v) is 17.4. The molecule has 138 valence electrons. The number of hydrogen-bond donors (Lipinski definition) is 2. The van der Waals surface area contributed by atoms with Crippen LogP contribution in [0.15, 0.2) is 23.2 Å². The molecule has 2 unspecified atom stereocenters. The van der Waals surface area contributed by atoms with Crippen molar-refractivity contribution >= 4 is 29.9 Å². The summed E-state index contributed by atoms with van der Waals surface area (Å²) in [6.07, 6.45) is 0.0135. The van der Waals surface area contributed by atoms with E-state index in [-0.39, 0.29) is 41.5 Å². The van der Waals surface area contributed by atoms with Crippen molar-refractivity contribution in [2.75, 3.05) is 20.7 Å². The summed E-state index contributed by atoms with van der Waals surface area (Å²) in [5.74, 6) is -1.13. The van der Waals surface area contributed by atoms with E-state index in [4.69, 9.17) is 4.74 Å². The Labute approximate surface area is 160 Å². The highest BCUT2D eigenvalue weighted by molar-refractivity contribution is 14.0. The van der Waals surface area contributed by atoms with E-state index in [0.29, 0.717) is 18.1 Å². The first-order valence-corrected chi connectivity index (χ1v) is 7.64. The molecule has 0 saturated carbocycles. The van der Waals surface area contributed by atoms with E-state index >= 15 is 0 Å². The predicted molar refractivity (Wildman–Crippen MR) is 105 cm³/mol. The van der Waals surface area contributed by atoms with Crippen molar-refractivity contribution in [3.63, 3.8) is 0 Å². The highest BCUT2D eigenvalue weighted by atomic mass is 127. The minimum Gasteiger partial charge on any atom is -0.379 e. The van der Waals surface area contributed by atoms with E-state index in [1.54, 1.807) is 20.2 Å². The summed E-state index contributed by atoms with van der Waals surface area (Å²) in [6, 6.07) is 3.65.